The molecular weight excluding hydrogens is 186 g/mol. The molecule has 15 heavy (non-hydrogen) atoms. The average Bonchev–Trinajstić information content (AvgIpc) is 2.28. The maximum atomic E-state index is 3.56. The zero-order chi connectivity index (χ0) is 12.5. The third kappa shape index (κ3) is 95.1. The summed E-state index contributed by atoms with van der Waals surface area (Å²) in [6.45, 7) is 17.5. The van der Waals surface area contributed by atoms with E-state index in [9.17, 15) is 0 Å². The zero-order valence-electron chi connectivity index (χ0n) is 11.5. The number of aromatic amines is 1. The van der Waals surface area contributed by atoms with Crippen molar-refractivity contribution >= 4 is 0 Å². The number of hydrogen-bond acceptors (Lipinski definition) is 2. The fourth-order valence-corrected chi connectivity index (χ4v) is 0.167. The first kappa shape index (κ1) is 16.6. The molecule has 0 saturated heterocycles. The Morgan fingerprint density at radius 3 is 1.20 bits per heavy atom. The molecule has 0 fully saturated rings. The van der Waals surface area contributed by atoms with Crippen molar-refractivity contribution in [3.63, 3.8) is 0 Å². The summed E-state index contributed by atoms with van der Waals surface area (Å²) in [5.41, 5.74) is 1.00. The second-order valence-corrected chi connectivity index (χ2v) is 6.65. The maximum absolute atomic E-state index is 3.56. The van der Waals surface area contributed by atoms with Gasteiger partial charge in [-0.15, -0.1) is 0 Å². The Labute approximate surface area is 94.7 Å². The summed E-state index contributed by atoms with van der Waals surface area (Å²) < 4.78 is 0. The molecule has 0 radical (unpaired) electrons. The van der Waals surface area contributed by atoms with E-state index in [1.165, 1.54) is 12.7 Å². The Hall–Kier alpha value is -0.860. The Balaban J connectivity index is 0. The largest absolute Gasteiger partial charge is 0.266 e. The number of hydrogen-bond donors (Lipinski definition) is 1. The minimum Gasteiger partial charge on any atom is -0.266 e. The maximum Gasteiger partial charge on any atom is 0.137 e. The molecule has 0 bridgehead atoms. The number of nitrogens with one attached hydrogen (secondary N) is 1. The molecular formula is C12H27N3. The first-order chi connectivity index (χ1) is 6.50. The van der Waals surface area contributed by atoms with Crippen LogP contribution in [-0.2, 0) is 0 Å². The molecule has 0 amide bonds. The van der Waals surface area contributed by atoms with Crippen molar-refractivity contribution in [2.45, 2.75) is 55.4 Å². The van der Waals surface area contributed by atoms with Crippen LogP contribution in [0.1, 0.15) is 55.4 Å². The highest BCUT2D eigenvalue weighted by Crippen LogP contribution is 2.08. The average molecular weight is 213 g/mol. The van der Waals surface area contributed by atoms with Gasteiger partial charge in [0, 0.05) is 0 Å². The van der Waals surface area contributed by atoms with Gasteiger partial charge in [-0.2, -0.15) is 5.10 Å². The van der Waals surface area contributed by atoms with E-state index in [1.807, 2.05) is 0 Å². The fraction of sp³-hybridized carbons (Fsp3) is 0.833. The lowest BCUT2D eigenvalue weighted by atomic mass is 10.0. The molecule has 90 valence electrons. The van der Waals surface area contributed by atoms with Crippen LogP contribution < -0.4 is 0 Å². The smallest absolute Gasteiger partial charge is 0.137 e. The van der Waals surface area contributed by atoms with Crippen molar-refractivity contribution in [1.29, 1.82) is 0 Å². The molecule has 1 rings (SSSR count). The lowest BCUT2D eigenvalue weighted by Gasteiger charge is -2.05. The van der Waals surface area contributed by atoms with Gasteiger partial charge < -0.3 is 0 Å². The highest BCUT2D eigenvalue weighted by molar-refractivity contribution is 4.48. The summed E-state index contributed by atoms with van der Waals surface area (Å²) in [4.78, 5) is 3.56. The van der Waals surface area contributed by atoms with E-state index in [1.54, 1.807) is 0 Å². The summed E-state index contributed by atoms with van der Waals surface area (Å²) in [6, 6.07) is 0. The number of H-pyrrole nitrogens is 1. The highest BCUT2D eigenvalue weighted by Gasteiger charge is 1.96. The van der Waals surface area contributed by atoms with Crippen molar-refractivity contribution in [2.75, 3.05) is 0 Å². The summed E-state index contributed by atoms with van der Waals surface area (Å²) in [6.07, 6.45) is 2.96. The number of rotatable bonds is 0. The van der Waals surface area contributed by atoms with Gasteiger partial charge in [0.15, 0.2) is 0 Å². The van der Waals surface area contributed by atoms with Crippen molar-refractivity contribution in [1.82, 2.24) is 15.2 Å². The van der Waals surface area contributed by atoms with Gasteiger partial charge in [0.2, 0.25) is 0 Å². The molecule has 1 N–H and O–H groups in total. The quantitative estimate of drug-likeness (QED) is 0.710. The van der Waals surface area contributed by atoms with Gasteiger partial charge in [0.05, 0.1) is 0 Å². The highest BCUT2D eigenvalue weighted by atomic mass is 15.2. The SMILES string of the molecule is CC(C)(C)C.CC(C)(C)C.c1nc[nH]n1. The molecule has 0 aromatic carbocycles. The second kappa shape index (κ2) is 7.43. The van der Waals surface area contributed by atoms with E-state index >= 15 is 0 Å². The van der Waals surface area contributed by atoms with Crippen LogP contribution in [0.5, 0.6) is 0 Å². The van der Waals surface area contributed by atoms with Gasteiger partial charge in [-0.1, -0.05) is 55.4 Å². The standard InChI is InChI=1S/2C5H12.C2H3N3/c2*1-5(2,3)4;1-3-2-5-4-1/h2*1-4H3;1-2H,(H,3,4,5). The molecule has 1 aromatic rings. The molecule has 1 heterocycles. The molecule has 1 aromatic heterocycles. The van der Waals surface area contributed by atoms with Gasteiger partial charge in [-0.05, 0) is 10.8 Å². The number of aromatic nitrogens is 3. The predicted octanol–water partition coefficient (Wildman–Crippen LogP) is 3.91. The molecule has 0 aliphatic heterocycles. The van der Waals surface area contributed by atoms with Crippen LogP contribution in [-0.4, -0.2) is 15.2 Å². The van der Waals surface area contributed by atoms with Crippen molar-refractivity contribution in [2.24, 2.45) is 10.8 Å². The van der Waals surface area contributed by atoms with Crippen LogP contribution >= 0.6 is 0 Å². The van der Waals surface area contributed by atoms with E-state index in [2.05, 4.69) is 70.6 Å². The lowest BCUT2D eigenvalue weighted by Crippen LogP contribution is -1.93. The van der Waals surface area contributed by atoms with Crippen molar-refractivity contribution in [3.8, 4) is 0 Å². The van der Waals surface area contributed by atoms with E-state index in [4.69, 9.17) is 0 Å². The minimum atomic E-state index is 0.500. The van der Waals surface area contributed by atoms with E-state index < -0.39 is 0 Å². The van der Waals surface area contributed by atoms with E-state index in [0.29, 0.717) is 10.8 Å². The molecule has 0 spiro atoms. The normalized spacial score (nSPS) is 10.7. The third-order valence-corrected chi connectivity index (χ3v) is 0.331. The molecule has 0 aliphatic rings. The van der Waals surface area contributed by atoms with Gasteiger partial charge in [0.25, 0.3) is 0 Å². The summed E-state index contributed by atoms with van der Waals surface area (Å²) in [7, 11) is 0. The first-order valence-corrected chi connectivity index (χ1v) is 5.29. The fourth-order valence-electron chi connectivity index (χ4n) is 0.167. The lowest BCUT2D eigenvalue weighted by molar-refractivity contribution is 0.469. The summed E-state index contributed by atoms with van der Waals surface area (Å²) in [5, 5.41) is 5.99. The van der Waals surface area contributed by atoms with E-state index in [-0.39, 0.29) is 0 Å². The van der Waals surface area contributed by atoms with Crippen LogP contribution in [0.25, 0.3) is 0 Å². The van der Waals surface area contributed by atoms with Crippen LogP contribution in [0, 0.1) is 10.8 Å². The molecule has 0 unspecified atom stereocenters. The van der Waals surface area contributed by atoms with Gasteiger partial charge in [-0.3, -0.25) is 5.10 Å². The van der Waals surface area contributed by atoms with Crippen molar-refractivity contribution < 1.29 is 0 Å². The first-order valence-electron chi connectivity index (χ1n) is 5.29. The van der Waals surface area contributed by atoms with Gasteiger partial charge in [0.1, 0.15) is 12.7 Å². The molecule has 0 atom stereocenters. The van der Waals surface area contributed by atoms with Crippen LogP contribution in [0.4, 0.5) is 0 Å². The molecule has 3 nitrogen and oxygen atoms in total. The Bertz CT molecular complexity index is 161. The van der Waals surface area contributed by atoms with E-state index in [0.717, 1.165) is 0 Å². The minimum absolute atomic E-state index is 0.500. The molecule has 0 saturated carbocycles. The third-order valence-electron chi connectivity index (χ3n) is 0.331. The van der Waals surface area contributed by atoms with Crippen LogP contribution in [0.15, 0.2) is 12.7 Å². The second-order valence-electron chi connectivity index (χ2n) is 6.65. The van der Waals surface area contributed by atoms with Crippen LogP contribution in [0.2, 0.25) is 0 Å². The molecule has 3 heteroatoms. The van der Waals surface area contributed by atoms with Crippen molar-refractivity contribution in [3.05, 3.63) is 12.7 Å². The monoisotopic (exact) mass is 213 g/mol. The number of nitrogens with zero attached hydrogens (tertiary/aromatic N) is 2. The van der Waals surface area contributed by atoms with Gasteiger partial charge >= 0.3 is 0 Å². The molecule has 0 aliphatic carbocycles. The Morgan fingerprint density at radius 2 is 1.13 bits per heavy atom. The summed E-state index contributed by atoms with van der Waals surface area (Å²) in [5.74, 6) is 0. The van der Waals surface area contributed by atoms with Crippen LogP contribution in [0.3, 0.4) is 0 Å². The van der Waals surface area contributed by atoms with Gasteiger partial charge in [-0.25, -0.2) is 4.98 Å². The Kier molecular flexibility index (Phi) is 8.21. The summed E-state index contributed by atoms with van der Waals surface area (Å²) >= 11 is 0. The topological polar surface area (TPSA) is 41.6 Å². The Morgan fingerprint density at radius 1 is 0.800 bits per heavy atom. The zero-order valence-corrected chi connectivity index (χ0v) is 11.5. The predicted molar refractivity (Wildman–Crippen MR) is 66.6 cm³/mol.